The van der Waals surface area contributed by atoms with Gasteiger partial charge >= 0.3 is 0 Å². The summed E-state index contributed by atoms with van der Waals surface area (Å²) >= 11 is 0. The second-order valence-corrected chi connectivity index (χ2v) is 3.91. The van der Waals surface area contributed by atoms with Crippen LogP contribution >= 0.6 is 0 Å². The van der Waals surface area contributed by atoms with Crippen molar-refractivity contribution in [3.05, 3.63) is 11.7 Å². The lowest BCUT2D eigenvalue weighted by Crippen LogP contribution is -2.47. The standard InChI is InChI=1S/C10H16N4O2/c1-2-3-10-12-8(13-16-10)6-14-5-4-11-9(15)7-14/h2-7H2,1H3,(H,11,15). The number of hydrogen-bond acceptors (Lipinski definition) is 5. The molecule has 2 rings (SSSR count). The molecular weight excluding hydrogens is 208 g/mol. The van der Waals surface area contributed by atoms with Gasteiger partial charge in [0, 0.05) is 19.5 Å². The summed E-state index contributed by atoms with van der Waals surface area (Å²) in [6.07, 6.45) is 1.81. The van der Waals surface area contributed by atoms with Crippen LogP contribution in [0.25, 0.3) is 0 Å². The Morgan fingerprint density at radius 3 is 3.19 bits per heavy atom. The number of nitrogens with zero attached hydrogens (tertiary/aromatic N) is 3. The third-order valence-electron chi connectivity index (χ3n) is 2.46. The summed E-state index contributed by atoms with van der Waals surface area (Å²) in [5, 5.41) is 6.67. The molecule has 6 nitrogen and oxygen atoms in total. The molecule has 0 atom stereocenters. The van der Waals surface area contributed by atoms with Crippen molar-refractivity contribution < 1.29 is 9.32 Å². The molecule has 1 aromatic rings. The summed E-state index contributed by atoms with van der Waals surface area (Å²) in [5.74, 6) is 1.40. The van der Waals surface area contributed by atoms with Crippen LogP contribution in [0.5, 0.6) is 0 Å². The number of carbonyl (C=O) groups is 1. The molecule has 2 heterocycles. The van der Waals surface area contributed by atoms with Gasteiger partial charge in [0.25, 0.3) is 0 Å². The summed E-state index contributed by atoms with van der Waals surface area (Å²) in [7, 11) is 0. The van der Waals surface area contributed by atoms with Gasteiger partial charge in [-0.15, -0.1) is 0 Å². The highest BCUT2D eigenvalue weighted by Crippen LogP contribution is 2.04. The van der Waals surface area contributed by atoms with E-state index in [9.17, 15) is 4.79 Å². The Balaban J connectivity index is 1.89. The SMILES string of the molecule is CCCc1nc(CN2CCNC(=O)C2)no1. The fourth-order valence-electron chi connectivity index (χ4n) is 1.70. The summed E-state index contributed by atoms with van der Waals surface area (Å²) in [6.45, 7) is 4.60. The first-order chi connectivity index (χ1) is 7.78. The molecule has 1 aliphatic rings. The van der Waals surface area contributed by atoms with Crippen molar-refractivity contribution in [1.29, 1.82) is 0 Å². The molecule has 0 saturated carbocycles. The fraction of sp³-hybridized carbons (Fsp3) is 0.700. The fourth-order valence-corrected chi connectivity index (χ4v) is 1.70. The molecule has 16 heavy (non-hydrogen) atoms. The lowest BCUT2D eigenvalue weighted by atomic mass is 10.3. The highest BCUT2D eigenvalue weighted by Gasteiger charge is 2.18. The molecule has 0 spiro atoms. The smallest absolute Gasteiger partial charge is 0.234 e. The molecule has 0 aliphatic carbocycles. The quantitative estimate of drug-likeness (QED) is 0.776. The maximum atomic E-state index is 11.2. The highest BCUT2D eigenvalue weighted by molar-refractivity contribution is 5.78. The number of amides is 1. The zero-order valence-corrected chi connectivity index (χ0v) is 9.40. The minimum atomic E-state index is 0.0588. The molecule has 0 radical (unpaired) electrons. The summed E-state index contributed by atoms with van der Waals surface area (Å²) in [5.41, 5.74) is 0. The van der Waals surface area contributed by atoms with Crippen LogP contribution in [-0.2, 0) is 17.8 Å². The Labute approximate surface area is 94.0 Å². The first-order valence-electron chi connectivity index (χ1n) is 5.58. The van der Waals surface area contributed by atoms with E-state index in [1.54, 1.807) is 0 Å². The van der Waals surface area contributed by atoms with Gasteiger partial charge in [-0.25, -0.2) is 0 Å². The van der Waals surface area contributed by atoms with Crippen molar-refractivity contribution in [2.75, 3.05) is 19.6 Å². The number of rotatable bonds is 4. The molecule has 1 aromatic heterocycles. The van der Waals surface area contributed by atoms with E-state index >= 15 is 0 Å². The highest BCUT2D eigenvalue weighted by atomic mass is 16.5. The topological polar surface area (TPSA) is 71.3 Å². The van der Waals surface area contributed by atoms with Crippen molar-refractivity contribution in [1.82, 2.24) is 20.4 Å². The van der Waals surface area contributed by atoms with E-state index in [4.69, 9.17) is 4.52 Å². The Bertz CT molecular complexity index is 363. The van der Waals surface area contributed by atoms with Gasteiger partial charge in [-0.05, 0) is 6.42 Å². The number of hydrogen-bond donors (Lipinski definition) is 1. The average Bonchev–Trinajstić information content (AvgIpc) is 2.66. The lowest BCUT2D eigenvalue weighted by Gasteiger charge is -2.24. The Morgan fingerprint density at radius 2 is 2.44 bits per heavy atom. The largest absolute Gasteiger partial charge is 0.354 e. The monoisotopic (exact) mass is 224 g/mol. The first kappa shape index (κ1) is 11.1. The first-order valence-corrected chi connectivity index (χ1v) is 5.58. The number of aromatic nitrogens is 2. The van der Waals surface area contributed by atoms with Crippen molar-refractivity contribution in [2.24, 2.45) is 0 Å². The second kappa shape index (κ2) is 5.07. The van der Waals surface area contributed by atoms with E-state index in [0.29, 0.717) is 31.3 Å². The third-order valence-corrected chi connectivity index (χ3v) is 2.46. The maximum absolute atomic E-state index is 11.2. The Hall–Kier alpha value is -1.43. The minimum Gasteiger partial charge on any atom is -0.354 e. The van der Waals surface area contributed by atoms with Gasteiger partial charge in [-0.2, -0.15) is 4.98 Å². The molecule has 1 amide bonds. The summed E-state index contributed by atoms with van der Waals surface area (Å²) in [4.78, 5) is 17.4. The summed E-state index contributed by atoms with van der Waals surface area (Å²) in [6, 6.07) is 0. The van der Waals surface area contributed by atoms with Gasteiger partial charge in [-0.1, -0.05) is 12.1 Å². The van der Waals surface area contributed by atoms with Crippen molar-refractivity contribution >= 4 is 5.91 Å². The number of carbonyl (C=O) groups excluding carboxylic acids is 1. The van der Waals surface area contributed by atoms with Crippen LogP contribution in [0, 0.1) is 0 Å². The molecule has 1 saturated heterocycles. The minimum absolute atomic E-state index is 0.0588. The van der Waals surface area contributed by atoms with Gasteiger partial charge in [0.05, 0.1) is 13.1 Å². The molecule has 88 valence electrons. The average molecular weight is 224 g/mol. The Kier molecular flexibility index (Phi) is 3.51. The Morgan fingerprint density at radius 1 is 1.56 bits per heavy atom. The zero-order valence-electron chi connectivity index (χ0n) is 9.40. The van der Waals surface area contributed by atoms with E-state index < -0.39 is 0 Å². The predicted octanol–water partition coefficient (Wildman–Crippen LogP) is -0.0461. The van der Waals surface area contributed by atoms with E-state index in [2.05, 4.69) is 22.4 Å². The number of nitrogens with one attached hydrogen (secondary N) is 1. The maximum Gasteiger partial charge on any atom is 0.234 e. The third kappa shape index (κ3) is 2.79. The van der Waals surface area contributed by atoms with Crippen LogP contribution in [0.1, 0.15) is 25.1 Å². The van der Waals surface area contributed by atoms with E-state index in [1.807, 2.05) is 4.90 Å². The lowest BCUT2D eigenvalue weighted by molar-refractivity contribution is -0.124. The van der Waals surface area contributed by atoms with Gasteiger partial charge < -0.3 is 9.84 Å². The van der Waals surface area contributed by atoms with Crippen LogP contribution in [0.15, 0.2) is 4.52 Å². The molecule has 1 fully saturated rings. The summed E-state index contributed by atoms with van der Waals surface area (Å²) < 4.78 is 5.09. The molecule has 1 aliphatic heterocycles. The van der Waals surface area contributed by atoms with Gasteiger partial charge in [-0.3, -0.25) is 9.69 Å². The van der Waals surface area contributed by atoms with Gasteiger partial charge in [0.15, 0.2) is 5.82 Å². The van der Waals surface area contributed by atoms with Crippen LogP contribution in [0.4, 0.5) is 0 Å². The number of piperazine rings is 1. The molecule has 1 N–H and O–H groups in total. The zero-order chi connectivity index (χ0) is 11.4. The van der Waals surface area contributed by atoms with Gasteiger partial charge in [0.1, 0.15) is 0 Å². The molecule has 0 aromatic carbocycles. The van der Waals surface area contributed by atoms with Crippen molar-refractivity contribution in [2.45, 2.75) is 26.3 Å². The van der Waals surface area contributed by atoms with Crippen LogP contribution in [0.3, 0.4) is 0 Å². The molecular formula is C10H16N4O2. The van der Waals surface area contributed by atoms with Crippen molar-refractivity contribution in [3.8, 4) is 0 Å². The second-order valence-electron chi connectivity index (χ2n) is 3.91. The van der Waals surface area contributed by atoms with Crippen molar-refractivity contribution in [3.63, 3.8) is 0 Å². The van der Waals surface area contributed by atoms with Crippen LogP contribution in [0.2, 0.25) is 0 Å². The normalized spacial score (nSPS) is 17.4. The van der Waals surface area contributed by atoms with E-state index in [-0.39, 0.29) is 5.91 Å². The van der Waals surface area contributed by atoms with Gasteiger partial charge in [0.2, 0.25) is 11.8 Å². The van der Waals surface area contributed by atoms with E-state index in [0.717, 1.165) is 19.4 Å². The van der Waals surface area contributed by atoms with Crippen LogP contribution in [-0.4, -0.2) is 40.6 Å². The van der Waals surface area contributed by atoms with Crippen LogP contribution < -0.4 is 5.32 Å². The molecule has 0 bridgehead atoms. The molecule has 0 unspecified atom stereocenters. The molecule has 6 heteroatoms. The predicted molar refractivity (Wildman–Crippen MR) is 56.6 cm³/mol. The number of aryl methyl sites for hydroxylation is 1. The van der Waals surface area contributed by atoms with E-state index in [1.165, 1.54) is 0 Å².